The van der Waals surface area contributed by atoms with E-state index >= 15 is 0 Å². The lowest BCUT2D eigenvalue weighted by molar-refractivity contribution is 0.726. The van der Waals surface area contributed by atoms with Gasteiger partial charge in [-0.25, -0.2) is 0 Å². The van der Waals surface area contributed by atoms with Gasteiger partial charge in [0.1, 0.15) is 0 Å². The Morgan fingerprint density at radius 2 is 2.00 bits per heavy atom. The topological polar surface area (TPSA) is 3.24 Å². The Hall–Kier alpha value is -1.42. The molecule has 0 heterocycles. The molecule has 1 nitrogen and oxygen atoms in total. The van der Waals surface area contributed by atoms with Crippen LogP contribution in [0.25, 0.3) is 0 Å². The number of benzene rings is 1. The van der Waals surface area contributed by atoms with Crippen molar-refractivity contribution in [2.24, 2.45) is 0 Å². The van der Waals surface area contributed by atoms with Gasteiger partial charge in [0.25, 0.3) is 0 Å². The number of hydrogen-bond donors (Lipinski definition) is 0. The van der Waals surface area contributed by atoms with E-state index < -0.39 is 0 Å². The Balaban J connectivity index is 3.00. The van der Waals surface area contributed by atoms with Crippen LogP contribution in [0.3, 0.4) is 0 Å². The fourth-order valence-electron chi connectivity index (χ4n) is 1.53. The SMILES string of the molecule is C#CCN(c1ccccc1C)C(C)C. The van der Waals surface area contributed by atoms with E-state index in [0.717, 1.165) is 0 Å². The van der Waals surface area contributed by atoms with Crippen LogP contribution in [0.15, 0.2) is 24.3 Å². The minimum Gasteiger partial charge on any atom is -0.358 e. The van der Waals surface area contributed by atoms with Crippen molar-refractivity contribution in [1.82, 2.24) is 0 Å². The second-order valence-electron chi connectivity index (χ2n) is 3.71. The smallest absolute Gasteiger partial charge is 0.0794 e. The molecule has 0 aromatic heterocycles. The summed E-state index contributed by atoms with van der Waals surface area (Å²) in [6.45, 7) is 7.09. The average molecular weight is 187 g/mol. The molecule has 0 saturated heterocycles. The van der Waals surface area contributed by atoms with Gasteiger partial charge in [-0.1, -0.05) is 24.1 Å². The Morgan fingerprint density at radius 1 is 1.36 bits per heavy atom. The number of para-hydroxylation sites is 1. The third-order valence-corrected chi connectivity index (χ3v) is 2.31. The zero-order valence-electron chi connectivity index (χ0n) is 9.12. The Labute approximate surface area is 86.7 Å². The van der Waals surface area contributed by atoms with E-state index in [1.807, 2.05) is 12.1 Å². The van der Waals surface area contributed by atoms with Crippen molar-refractivity contribution >= 4 is 5.69 Å². The third kappa shape index (κ3) is 2.29. The molecule has 0 N–H and O–H groups in total. The first-order chi connectivity index (χ1) is 6.66. The summed E-state index contributed by atoms with van der Waals surface area (Å²) in [5, 5.41) is 0. The van der Waals surface area contributed by atoms with Gasteiger partial charge in [-0.2, -0.15) is 0 Å². The van der Waals surface area contributed by atoms with Gasteiger partial charge in [0, 0.05) is 11.7 Å². The molecule has 0 atom stereocenters. The van der Waals surface area contributed by atoms with Crippen LogP contribution >= 0.6 is 0 Å². The van der Waals surface area contributed by atoms with Crippen molar-refractivity contribution < 1.29 is 0 Å². The molecular weight excluding hydrogens is 170 g/mol. The maximum absolute atomic E-state index is 5.36. The van der Waals surface area contributed by atoms with Crippen molar-refractivity contribution in [1.29, 1.82) is 0 Å². The molecule has 1 aromatic carbocycles. The maximum atomic E-state index is 5.36. The van der Waals surface area contributed by atoms with Crippen molar-refractivity contribution in [3.05, 3.63) is 29.8 Å². The minimum absolute atomic E-state index is 0.437. The number of hydrogen-bond acceptors (Lipinski definition) is 1. The molecule has 1 rings (SSSR count). The van der Waals surface area contributed by atoms with Gasteiger partial charge in [-0.05, 0) is 32.4 Å². The van der Waals surface area contributed by atoms with Gasteiger partial charge >= 0.3 is 0 Å². The first kappa shape index (κ1) is 10.7. The Bertz CT molecular complexity index is 333. The van der Waals surface area contributed by atoms with Crippen LogP contribution in [0.5, 0.6) is 0 Å². The number of terminal acetylenes is 1. The summed E-state index contributed by atoms with van der Waals surface area (Å²) in [5.74, 6) is 2.70. The molecular formula is C13H17N. The molecule has 0 aliphatic rings. The summed E-state index contributed by atoms with van der Waals surface area (Å²) >= 11 is 0. The summed E-state index contributed by atoms with van der Waals surface area (Å²) in [4.78, 5) is 2.23. The lowest BCUT2D eigenvalue weighted by atomic mass is 10.1. The number of aryl methyl sites for hydroxylation is 1. The van der Waals surface area contributed by atoms with Crippen molar-refractivity contribution in [2.75, 3.05) is 11.4 Å². The highest BCUT2D eigenvalue weighted by Gasteiger charge is 2.10. The van der Waals surface area contributed by atoms with E-state index in [2.05, 4.69) is 43.7 Å². The van der Waals surface area contributed by atoms with Crippen molar-refractivity contribution in [2.45, 2.75) is 26.8 Å². The monoisotopic (exact) mass is 187 g/mol. The predicted octanol–water partition coefficient (Wildman–Crippen LogP) is 2.84. The quantitative estimate of drug-likeness (QED) is 0.658. The van der Waals surface area contributed by atoms with Gasteiger partial charge in [0.2, 0.25) is 0 Å². The number of nitrogens with zero attached hydrogens (tertiary/aromatic N) is 1. The van der Waals surface area contributed by atoms with E-state index in [9.17, 15) is 0 Å². The van der Waals surface area contributed by atoms with Crippen LogP contribution in [0.1, 0.15) is 19.4 Å². The molecule has 0 spiro atoms. The van der Waals surface area contributed by atoms with Crippen LogP contribution in [-0.4, -0.2) is 12.6 Å². The predicted molar refractivity (Wildman–Crippen MR) is 62.5 cm³/mol. The largest absolute Gasteiger partial charge is 0.358 e. The highest BCUT2D eigenvalue weighted by atomic mass is 15.1. The first-order valence-electron chi connectivity index (χ1n) is 4.92. The second kappa shape index (κ2) is 4.72. The molecule has 0 saturated carbocycles. The van der Waals surface area contributed by atoms with E-state index in [1.54, 1.807) is 0 Å². The van der Waals surface area contributed by atoms with Crippen LogP contribution in [0.4, 0.5) is 5.69 Å². The normalized spacial score (nSPS) is 9.93. The van der Waals surface area contributed by atoms with E-state index in [0.29, 0.717) is 12.6 Å². The van der Waals surface area contributed by atoms with Gasteiger partial charge in [-0.3, -0.25) is 0 Å². The fourth-order valence-corrected chi connectivity index (χ4v) is 1.53. The van der Waals surface area contributed by atoms with Gasteiger partial charge in [-0.15, -0.1) is 6.42 Å². The first-order valence-corrected chi connectivity index (χ1v) is 4.92. The molecule has 1 heteroatoms. The molecule has 1 aromatic rings. The van der Waals surface area contributed by atoms with E-state index in [4.69, 9.17) is 6.42 Å². The molecule has 0 aliphatic heterocycles. The van der Waals surface area contributed by atoms with Crippen LogP contribution < -0.4 is 4.90 Å². The standard InChI is InChI=1S/C13H17N/c1-5-10-14(11(2)3)13-9-7-6-8-12(13)4/h1,6-9,11H,10H2,2-4H3. The zero-order valence-corrected chi connectivity index (χ0v) is 9.12. The van der Waals surface area contributed by atoms with E-state index in [-0.39, 0.29) is 0 Å². The molecule has 0 bridgehead atoms. The van der Waals surface area contributed by atoms with Gasteiger partial charge < -0.3 is 4.90 Å². The summed E-state index contributed by atoms with van der Waals surface area (Å²) in [5.41, 5.74) is 2.51. The number of anilines is 1. The highest BCUT2D eigenvalue weighted by Crippen LogP contribution is 2.20. The van der Waals surface area contributed by atoms with Crippen LogP contribution in [-0.2, 0) is 0 Å². The second-order valence-corrected chi connectivity index (χ2v) is 3.71. The molecule has 0 fully saturated rings. The summed E-state index contributed by atoms with van der Waals surface area (Å²) < 4.78 is 0. The van der Waals surface area contributed by atoms with E-state index in [1.165, 1.54) is 11.3 Å². The molecule has 74 valence electrons. The molecule has 0 amide bonds. The van der Waals surface area contributed by atoms with Crippen molar-refractivity contribution in [3.63, 3.8) is 0 Å². The molecule has 14 heavy (non-hydrogen) atoms. The molecule has 0 unspecified atom stereocenters. The molecule has 0 radical (unpaired) electrons. The Morgan fingerprint density at radius 3 is 2.50 bits per heavy atom. The lowest BCUT2D eigenvalue weighted by Gasteiger charge is -2.28. The number of rotatable bonds is 3. The Kier molecular flexibility index (Phi) is 3.59. The van der Waals surface area contributed by atoms with Crippen LogP contribution in [0.2, 0.25) is 0 Å². The third-order valence-electron chi connectivity index (χ3n) is 2.31. The van der Waals surface area contributed by atoms with Gasteiger partial charge in [0.05, 0.1) is 6.54 Å². The van der Waals surface area contributed by atoms with Crippen molar-refractivity contribution in [3.8, 4) is 12.3 Å². The van der Waals surface area contributed by atoms with Crippen LogP contribution in [0, 0.1) is 19.3 Å². The maximum Gasteiger partial charge on any atom is 0.0794 e. The zero-order chi connectivity index (χ0) is 10.6. The van der Waals surface area contributed by atoms with Gasteiger partial charge in [0.15, 0.2) is 0 Å². The summed E-state index contributed by atoms with van der Waals surface area (Å²) in [6, 6.07) is 8.77. The lowest BCUT2D eigenvalue weighted by Crippen LogP contribution is -2.31. The fraction of sp³-hybridized carbons (Fsp3) is 0.385. The average Bonchev–Trinajstić information content (AvgIpc) is 2.15. The summed E-state index contributed by atoms with van der Waals surface area (Å²) in [7, 11) is 0. The molecule has 0 aliphatic carbocycles. The summed E-state index contributed by atoms with van der Waals surface area (Å²) in [6.07, 6.45) is 5.36. The minimum atomic E-state index is 0.437. The highest BCUT2D eigenvalue weighted by molar-refractivity contribution is 5.54.